The summed E-state index contributed by atoms with van der Waals surface area (Å²) in [5, 5.41) is 12.3. The molecule has 0 N–H and O–H groups in total. The van der Waals surface area contributed by atoms with Crippen molar-refractivity contribution in [2.45, 2.75) is 26.2 Å². The number of aromatic nitrogens is 4. The van der Waals surface area contributed by atoms with Crippen molar-refractivity contribution in [2.75, 3.05) is 13.7 Å². The van der Waals surface area contributed by atoms with Gasteiger partial charge in [0, 0.05) is 30.7 Å². The molecule has 3 heterocycles. The summed E-state index contributed by atoms with van der Waals surface area (Å²) in [7, 11) is 1.53. The number of benzene rings is 1. The molecule has 13 heteroatoms. The van der Waals surface area contributed by atoms with Crippen molar-refractivity contribution >= 4 is 33.5 Å². The van der Waals surface area contributed by atoms with Gasteiger partial charge in [0.2, 0.25) is 0 Å². The number of hydrogen-bond acceptors (Lipinski definition) is 9. The summed E-state index contributed by atoms with van der Waals surface area (Å²) in [6, 6.07) is 10.5. The van der Waals surface area contributed by atoms with Crippen molar-refractivity contribution in [2.24, 2.45) is 0 Å². The topological polar surface area (TPSA) is 140 Å². The van der Waals surface area contributed by atoms with E-state index in [0.29, 0.717) is 18.7 Å². The molecular formula is C22H21N5O7S. The van der Waals surface area contributed by atoms with Crippen LogP contribution in [0.15, 0.2) is 57.7 Å². The second-order valence-corrected chi connectivity index (χ2v) is 8.45. The minimum Gasteiger partial charge on any atom is -0.459 e. The summed E-state index contributed by atoms with van der Waals surface area (Å²) in [5.74, 6) is -0.827. The molecule has 3 aromatic heterocycles. The molecule has 4 aromatic rings. The summed E-state index contributed by atoms with van der Waals surface area (Å²) < 4.78 is 14.0. The normalized spacial score (nSPS) is 11.1. The molecule has 12 nitrogen and oxygen atoms in total. The van der Waals surface area contributed by atoms with Gasteiger partial charge >= 0.3 is 16.7 Å². The van der Waals surface area contributed by atoms with Crippen LogP contribution in [0.3, 0.4) is 0 Å². The van der Waals surface area contributed by atoms with Gasteiger partial charge in [-0.05, 0) is 5.56 Å². The first-order chi connectivity index (χ1) is 16.9. The zero-order chi connectivity index (χ0) is 24.9. The zero-order valence-corrected chi connectivity index (χ0v) is 19.5. The van der Waals surface area contributed by atoms with Crippen molar-refractivity contribution in [3.05, 3.63) is 90.2 Å². The van der Waals surface area contributed by atoms with E-state index in [9.17, 15) is 24.5 Å². The maximum atomic E-state index is 13.3. The van der Waals surface area contributed by atoms with E-state index >= 15 is 0 Å². The SMILES string of the molecule is COCCn1cnc2c1c(=O)n(CC(=O)OCc1csc([N+](=O)[O-])c1)c(=O)n2Cc1ccccc1. The van der Waals surface area contributed by atoms with E-state index in [0.717, 1.165) is 21.5 Å². The number of rotatable bonds is 10. The molecule has 4 rings (SSSR count). The smallest absolute Gasteiger partial charge is 0.333 e. The Morgan fingerprint density at radius 2 is 1.94 bits per heavy atom. The molecule has 182 valence electrons. The Morgan fingerprint density at radius 1 is 1.17 bits per heavy atom. The van der Waals surface area contributed by atoms with E-state index in [1.807, 2.05) is 30.3 Å². The number of carbonyl (C=O) groups is 1. The molecule has 0 unspecified atom stereocenters. The van der Waals surface area contributed by atoms with Crippen molar-refractivity contribution in [3.63, 3.8) is 0 Å². The van der Waals surface area contributed by atoms with Gasteiger partial charge in [0.15, 0.2) is 11.2 Å². The Labute approximate surface area is 201 Å². The van der Waals surface area contributed by atoms with Crippen LogP contribution in [0.5, 0.6) is 0 Å². The van der Waals surface area contributed by atoms with Crippen LogP contribution in [-0.2, 0) is 40.5 Å². The third-order valence-corrected chi connectivity index (χ3v) is 6.14. The van der Waals surface area contributed by atoms with Crippen LogP contribution >= 0.6 is 11.3 Å². The molecule has 0 aliphatic rings. The van der Waals surface area contributed by atoms with Crippen molar-refractivity contribution in [1.82, 2.24) is 18.7 Å². The van der Waals surface area contributed by atoms with Gasteiger partial charge in [-0.2, -0.15) is 0 Å². The molecule has 0 fully saturated rings. The van der Waals surface area contributed by atoms with Crippen LogP contribution in [-0.4, -0.2) is 43.3 Å². The second-order valence-electron chi connectivity index (χ2n) is 7.56. The Bertz CT molecular complexity index is 1490. The van der Waals surface area contributed by atoms with Crippen LogP contribution in [0.25, 0.3) is 11.2 Å². The Hall–Kier alpha value is -4.10. The van der Waals surface area contributed by atoms with Gasteiger partial charge < -0.3 is 14.0 Å². The van der Waals surface area contributed by atoms with Gasteiger partial charge in [-0.15, -0.1) is 0 Å². The molecule has 1 aromatic carbocycles. The quantitative estimate of drug-likeness (QED) is 0.183. The summed E-state index contributed by atoms with van der Waals surface area (Å²) in [5.41, 5.74) is 0.248. The fourth-order valence-electron chi connectivity index (χ4n) is 3.52. The van der Waals surface area contributed by atoms with E-state index in [1.54, 1.807) is 4.57 Å². The number of methoxy groups -OCH3 is 1. The maximum Gasteiger partial charge on any atom is 0.333 e. The fourth-order valence-corrected chi connectivity index (χ4v) is 4.23. The van der Waals surface area contributed by atoms with E-state index < -0.39 is 28.7 Å². The van der Waals surface area contributed by atoms with Gasteiger partial charge in [0.1, 0.15) is 13.2 Å². The maximum absolute atomic E-state index is 13.3. The molecule has 0 spiro atoms. The molecule has 0 bridgehead atoms. The molecule has 0 saturated heterocycles. The largest absolute Gasteiger partial charge is 0.459 e. The standard InChI is InChI=1S/C22H21N5O7S/c1-33-8-7-24-14-23-20-19(24)21(29)26(22(30)25(20)10-15-5-3-2-4-6-15)11-18(28)34-12-16-9-17(27(31)32)35-13-16/h2-6,9,13-14H,7-8,10-12H2,1H3. The van der Waals surface area contributed by atoms with E-state index in [2.05, 4.69) is 4.98 Å². The Kier molecular flexibility index (Phi) is 7.17. The second kappa shape index (κ2) is 10.4. The number of nitrogens with zero attached hydrogens (tertiary/aromatic N) is 5. The Morgan fingerprint density at radius 3 is 2.63 bits per heavy atom. The summed E-state index contributed by atoms with van der Waals surface area (Å²) >= 11 is 0.913. The van der Waals surface area contributed by atoms with Crippen LogP contribution in [0, 0.1) is 10.1 Å². The highest BCUT2D eigenvalue weighted by molar-refractivity contribution is 7.13. The molecule has 0 saturated carbocycles. The van der Waals surface area contributed by atoms with Crippen LogP contribution in [0.2, 0.25) is 0 Å². The predicted molar refractivity (Wildman–Crippen MR) is 126 cm³/mol. The van der Waals surface area contributed by atoms with Crippen LogP contribution in [0.4, 0.5) is 5.00 Å². The number of carbonyl (C=O) groups excluding carboxylic acids is 1. The first-order valence-corrected chi connectivity index (χ1v) is 11.4. The van der Waals surface area contributed by atoms with Crippen LogP contribution in [0.1, 0.15) is 11.1 Å². The van der Waals surface area contributed by atoms with E-state index in [4.69, 9.17) is 9.47 Å². The number of thiophene rings is 1. The number of hydrogen-bond donors (Lipinski definition) is 0. The number of imidazole rings is 1. The van der Waals surface area contributed by atoms with Gasteiger partial charge in [-0.25, -0.2) is 14.3 Å². The summed E-state index contributed by atoms with van der Waals surface area (Å²) in [6.07, 6.45) is 1.46. The number of ether oxygens (including phenoxy) is 2. The highest BCUT2D eigenvalue weighted by atomic mass is 32.1. The van der Waals surface area contributed by atoms with E-state index in [-0.39, 0.29) is 29.3 Å². The number of nitro groups is 1. The average molecular weight is 500 g/mol. The van der Waals surface area contributed by atoms with Crippen molar-refractivity contribution in [3.8, 4) is 0 Å². The van der Waals surface area contributed by atoms with Gasteiger partial charge in [0.25, 0.3) is 5.56 Å². The molecule has 0 aliphatic carbocycles. The summed E-state index contributed by atoms with van der Waals surface area (Å²) in [6.45, 7) is -0.0513. The highest BCUT2D eigenvalue weighted by Gasteiger charge is 2.21. The third-order valence-electron chi connectivity index (χ3n) is 5.21. The molecule has 0 atom stereocenters. The van der Waals surface area contributed by atoms with Gasteiger partial charge in [-0.1, -0.05) is 41.7 Å². The van der Waals surface area contributed by atoms with Gasteiger partial charge in [0.05, 0.1) is 24.4 Å². The molecule has 0 radical (unpaired) electrons. The average Bonchev–Trinajstić information content (AvgIpc) is 3.50. The number of esters is 1. The molecule has 0 aliphatic heterocycles. The molecule has 0 amide bonds. The van der Waals surface area contributed by atoms with Crippen LogP contribution < -0.4 is 11.2 Å². The lowest BCUT2D eigenvalue weighted by atomic mass is 10.2. The first kappa shape index (κ1) is 24.0. The number of fused-ring (bicyclic) bond motifs is 1. The Balaban J connectivity index is 1.67. The predicted octanol–water partition coefficient (Wildman–Crippen LogP) is 1.77. The molecule has 35 heavy (non-hydrogen) atoms. The fraction of sp³-hybridized carbons (Fsp3) is 0.273. The minimum atomic E-state index is -0.827. The first-order valence-electron chi connectivity index (χ1n) is 10.5. The van der Waals surface area contributed by atoms with Crippen molar-refractivity contribution < 1.29 is 19.2 Å². The lowest BCUT2D eigenvalue weighted by molar-refractivity contribution is -0.380. The van der Waals surface area contributed by atoms with E-state index in [1.165, 1.54) is 29.5 Å². The minimum absolute atomic E-state index is 0.0779. The highest BCUT2D eigenvalue weighted by Crippen LogP contribution is 2.23. The summed E-state index contributed by atoms with van der Waals surface area (Å²) in [4.78, 5) is 53.7. The molecular weight excluding hydrogens is 478 g/mol. The lowest BCUT2D eigenvalue weighted by Gasteiger charge is -2.12. The monoisotopic (exact) mass is 499 g/mol. The van der Waals surface area contributed by atoms with Crippen molar-refractivity contribution in [1.29, 1.82) is 0 Å². The van der Waals surface area contributed by atoms with Gasteiger partial charge in [-0.3, -0.25) is 24.3 Å². The zero-order valence-electron chi connectivity index (χ0n) is 18.7. The lowest BCUT2D eigenvalue weighted by Crippen LogP contribution is -2.42. The third kappa shape index (κ3) is 5.20.